The van der Waals surface area contributed by atoms with Crippen molar-refractivity contribution < 1.29 is 9.53 Å². The maximum Gasteiger partial charge on any atom is 0.241 e. The number of aromatic nitrogens is 1. The summed E-state index contributed by atoms with van der Waals surface area (Å²) in [5.74, 6) is 0.949. The molecule has 0 aliphatic carbocycles. The van der Waals surface area contributed by atoms with Crippen molar-refractivity contribution in [1.82, 2.24) is 9.27 Å². The normalized spacial score (nSPS) is 10.1. The van der Waals surface area contributed by atoms with Crippen LogP contribution in [0.15, 0.2) is 0 Å². The van der Waals surface area contributed by atoms with Crippen LogP contribution in [0.3, 0.4) is 0 Å². The molecule has 2 N–H and O–H groups in total. The molecule has 0 aliphatic heterocycles. The summed E-state index contributed by atoms with van der Waals surface area (Å²) >= 11 is 1.23. The van der Waals surface area contributed by atoms with Gasteiger partial charge in [-0.1, -0.05) is 0 Å². The lowest BCUT2D eigenvalue weighted by Gasteiger charge is -2.20. The first-order chi connectivity index (χ1) is 7.97. The second-order valence-electron chi connectivity index (χ2n) is 3.78. The number of anilines is 2. The van der Waals surface area contributed by atoms with E-state index < -0.39 is 0 Å². The van der Waals surface area contributed by atoms with Crippen LogP contribution in [-0.2, 0) is 4.79 Å². The van der Waals surface area contributed by atoms with Gasteiger partial charge in [-0.25, -0.2) is 0 Å². The number of nitrogen functional groups attached to an aromatic ring is 1. The second kappa shape index (κ2) is 5.72. The highest BCUT2D eigenvalue weighted by molar-refractivity contribution is 7.11. The van der Waals surface area contributed by atoms with E-state index in [9.17, 15) is 4.79 Å². The van der Waals surface area contributed by atoms with Crippen molar-refractivity contribution in [3.63, 3.8) is 0 Å². The van der Waals surface area contributed by atoms with Gasteiger partial charge < -0.3 is 20.3 Å². The molecule has 0 atom stereocenters. The van der Waals surface area contributed by atoms with Gasteiger partial charge >= 0.3 is 0 Å². The summed E-state index contributed by atoms with van der Waals surface area (Å²) in [6.07, 6.45) is 0. The van der Waals surface area contributed by atoms with Crippen LogP contribution in [-0.4, -0.2) is 49.5 Å². The van der Waals surface area contributed by atoms with Gasteiger partial charge in [0, 0.05) is 21.1 Å². The lowest BCUT2D eigenvalue weighted by Crippen LogP contribution is -2.34. The number of nitrogens with zero attached hydrogens (tertiary/aromatic N) is 3. The van der Waals surface area contributed by atoms with Gasteiger partial charge in [-0.2, -0.15) is 4.37 Å². The summed E-state index contributed by atoms with van der Waals surface area (Å²) in [7, 11) is 5.26. The topological polar surface area (TPSA) is 71.7 Å². The Morgan fingerprint density at radius 3 is 2.65 bits per heavy atom. The number of nitrogens with two attached hydrogens (primary N) is 1. The molecule has 7 heteroatoms. The highest BCUT2D eigenvalue weighted by atomic mass is 32.1. The van der Waals surface area contributed by atoms with E-state index in [2.05, 4.69) is 4.37 Å². The Morgan fingerprint density at radius 2 is 2.12 bits per heavy atom. The van der Waals surface area contributed by atoms with Crippen LogP contribution >= 0.6 is 11.5 Å². The van der Waals surface area contributed by atoms with Gasteiger partial charge in [0.05, 0.1) is 13.2 Å². The number of hydrogen-bond donors (Lipinski definition) is 1. The van der Waals surface area contributed by atoms with Crippen molar-refractivity contribution in [2.75, 3.05) is 44.9 Å². The smallest absolute Gasteiger partial charge is 0.241 e. The zero-order chi connectivity index (χ0) is 13.0. The minimum absolute atomic E-state index is 0.0157. The third-order valence-corrected chi connectivity index (χ3v) is 3.12. The van der Waals surface area contributed by atoms with Crippen LogP contribution in [0.25, 0.3) is 0 Å². The van der Waals surface area contributed by atoms with E-state index in [0.717, 1.165) is 5.00 Å². The van der Waals surface area contributed by atoms with Crippen LogP contribution in [0.4, 0.5) is 10.8 Å². The van der Waals surface area contributed by atoms with Gasteiger partial charge in [-0.3, -0.25) is 4.79 Å². The summed E-state index contributed by atoms with van der Waals surface area (Å²) in [6, 6.07) is 0. The molecule has 0 saturated carbocycles. The maximum absolute atomic E-state index is 11.6. The number of likely N-dealkylation sites (N-methyl/N-ethyl adjacent to an activating group) is 2. The van der Waals surface area contributed by atoms with Crippen LogP contribution in [0.1, 0.15) is 6.92 Å². The Morgan fingerprint density at radius 1 is 1.47 bits per heavy atom. The first kappa shape index (κ1) is 13.6. The molecule has 1 aromatic heterocycles. The van der Waals surface area contributed by atoms with Gasteiger partial charge in [0.25, 0.3) is 0 Å². The third-order valence-electron chi connectivity index (χ3n) is 2.16. The van der Waals surface area contributed by atoms with E-state index in [1.54, 1.807) is 23.9 Å². The van der Waals surface area contributed by atoms with Crippen molar-refractivity contribution in [3.8, 4) is 5.75 Å². The van der Waals surface area contributed by atoms with Gasteiger partial charge in [-0.05, 0) is 18.5 Å². The maximum atomic E-state index is 11.6. The van der Waals surface area contributed by atoms with Crippen molar-refractivity contribution in [2.24, 2.45) is 0 Å². The molecule has 1 aromatic rings. The molecule has 6 nitrogen and oxygen atoms in total. The molecule has 0 aliphatic rings. The van der Waals surface area contributed by atoms with Gasteiger partial charge in [0.2, 0.25) is 5.91 Å². The first-order valence-corrected chi connectivity index (χ1v) is 6.04. The molecule has 0 bridgehead atoms. The van der Waals surface area contributed by atoms with Crippen molar-refractivity contribution in [2.45, 2.75) is 6.92 Å². The van der Waals surface area contributed by atoms with Crippen molar-refractivity contribution >= 4 is 28.3 Å². The third kappa shape index (κ3) is 3.23. The molecule has 0 fully saturated rings. The molecule has 0 radical (unpaired) electrons. The summed E-state index contributed by atoms with van der Waals surface area (Å²) in [6.45, 7) is 2.67. The lowest BCUT2D eigenvalue weighted by atomic mass is 10.4. The lowest BCUT2D eigenvalue weighted by molar-refractivity contribution is -0.127. The van der Waals surface area contributed by atoms with E-state index in [-0.39, 0.29) is 12.5 Å². The quantitative estimate of drug-likeness (QED) is 0.839. The van der Waals surface area contributed by atoms with Crippen molar-refractivity contribution in [1.29, 1.82) is 0 Å². The Kier molecular flexibility index (Phi) is 4.56. The van der Waals surface area contributed by atoms with E-state index in [1.165, 1.54) is 11.5 Å². The fourth-order valence-electron chi connectivity index (χ4n) is 1.22. The van der Waals surface area contributed by atoms with Gasteiger partial charge in [0.15, 0.2) is 16.6 Å². The van der Waals surface area contributed by atoms with E-state index >= 15 is 0 Å². The molecule has 1 heterocycles. The molecular formula is C10H18N4O2S. The minimum Gasteiger partial charge on any atom is -0.487 e. The predicted molar refractivity (Wildman–Crippen MR) is 69.7 cm³/mol. The molecule has 96 valence electrons. The SMILES string of the molecule is CCOc1c(N)nsc1N(C)CC(=O)N(C)C. The number of rotatable bonds is 5. The Hall–Kier alpha value is -1.50. The Balaban J connectivity index is 2.81. The zero-order valence-corrected chi connectivity index (χ0v) is 11.4. The van der Waals surface area contributed by atoms with E-state index in [0.29, 0.717) is 18.2 Å². The summed E-state index contributed by atoms with van der Waals surface area (Å²) in [5.41, 5.74) is 5.71. The summed E-state index contributed by atoms with van der Waals surface area (Å²) in [5, 5.41) is 0.777. The van der Waals surface area contributed by atoms with E-state index in [1.807, 2.05) is 14.0 Å². The van der Waals surface area contributed by atoms with Crippen LogP contribution in [0, 0.1) is 0 Å². The van der Waals surface area contributed by atoms with E-state index in [4.69, 9.17) is 10.5 Å². The molecule has 1 amide bonds. The molecule has 0 unspecified atom stereocenters. The number of ether oxygens (including phenoxy) is 1. The highest BCUT2D eigenvalue weighted by Gasteiger charge is 2.18. The number of amides is 1. The second-order valence-corrected chi connectivity index (χ2v) is 4.53. The highest BCUT2D eigenvalue weighted by Crippen LogP contribution is 2.37. The standard InChI is InChI=1S/C10H18N4O2S/c1-5-16-8-9(11)12-17-10(8)14(4)6-7(15)13(2)3/h5-6H2,1-4H3,(H2,11,12). The van der Waals surface area contributed by atoms with Crippen molar-refractivity contribution in [3.05, 3.63) is 0 Å². The Labute approximate surface area is 105 Å². The molecule has 1 rings (SSSR count). The van der Waals surface area contributed by atoms with Crippen LogP contribution in [0.2, 0.25) is 0 Å². The number of carbonyl (C=O) groups excluding carboxylic acids is 1. The molecule has 17 heavy (non-hydrogen) atoms. The summed E-state index contributed by atoms with van der Waals surface area (Å²) < 4.78 is 9.46. The number of carbonyl (C=O) groups is 1. The fourth-order valence-corrected chi connectivity index (χ4v) is 1.94. The molecule has 0 spiro atoms. The average molecular weight is 258 g/mol. The first-order valence-electron chi connectivity index (χ1n) is 5.26. The van der Waals surface area contributed by atoms with Crippen LogP contribution < -0.4 is 15.4 Å². The Bertz CT molecular complexity index is 392. The zero-order valence-electron chi connectivity index (χ0n) is 10.6. The molecular weight excluding hydrogens is 240 g/mol. The molecule has 0 saturated heterocycles. The van der Waals surface area contributed by atoms with Gasteiger partial charge in [0.1, 0.15) is 0 Å². The monoisotopic (exact) mass is 258 g/mol. The summed E-state index contributed by atoms with van der Waals surface area (Å²) in [4.78, 5) is 14.9. The minimum atomic E-state index is 0.0157. The molecule has 0 aromatic carbocycles. The predicted octanol–water partition coefficient (Wildman–Crippen LogP) is 0.648. The number of hydrogen-bond acceptors (Lipinski definition) is 6. The largest absolute Gasteiger partial charge is 0.487 e. The van der Waals surface area contributed by atoms with Gasteiger partial charge in [-0.15, -0.1) is 0 Å². The average Bonchev–Trinajstić information content (AvgIpc) is 2.61. The van der Waals surface area contributed by atoms with Crippen LogP contribution in [0.5, 0.6) is 5.75 Å². The fraction of sp³-hybridized carbons (Fsp3) is 0.600.